The van der Waals surface area contributed by atoms with E-state index in [0.29, 0.717) is 12.8 Å². The number of rotatable bonds is 15. The Morgan fingerprint density at radius 2 is 1.06 bits per heavy atom. The molecular formula is C22H37N3O9. The number of ketones is 1. The molecule has 0 aliphatic heterocycles. The van der Waals surface area contributed by atoms with Crippen LogP contribution in [0.4, 0.5) is 0 Å². The number of carbonyl (C=O) groups is 5. The average Bonchev–Trinajstić information content (AvgIpc) is 2.68. The summed E-state index contributed by atoms with van der Waals surface area (Å²) in [4.78, 5) is 62.6. The zero-order valence-electron chi connectivity index (χ0n) is 20.1. The molecule has 0 aromatic carbocycles. The fourth-order valence-electron chi connectivity index (χ4n) is 4.23. The molecule has 0 aromatic heterocycles. The van der Waals surface area contributed by atoms with Gasteiger partial charge in [-0.3, -0.25) is 38.7 Å². The zero-order chi connectivity index (χ0) is 26.1. The molecule has 34 heavy (non-hydrogen) atoms. The van der Waals surface area contributed by atoms with Crippen molar-refractivity contribution in [2.45, 2.75) is 58.5 Å². The van der Waals surface area contributed by atoms with Gasteiger partial charge in [-0.1, -0.05) is 33.6 Å². The van der Waals surface area contributed by atoms with Crippen molar-refractivity contribution in [2.24, 2.45) is 5.41 Å². The van der Waals surface area contributed by atoms with Crippen molar-refractivity contribution in [3.8, 4) is 0 Å². The number of nitrogens with zero attached hydrogens (tertiary/aromatic N) is 3. The lowest BCUT2D eigenvalue weighted by Gasteiger charge is -2.45. The number of carboxylic acid groups (broad SMARTS) is 4. The van der Waals surface area contributed by atoms with Crippen LogP contribution in [0.1, 0.15) is 46.5 Å². The van der Waals surface area contributed by atoms with Crippen LogP contribution in [0.25, 0.3) is 0 Å². The lowest BCUT2D eigenvalue weighted by atomic mass is 9.86. The Morgan fingerprint density at radius 3 is 1.44 bits per heavy atom. The van der Waals surface area contributed by atoms with Gasteiger partial charge in [0.2, 0.25) is 0 Å². The molecule has 12 heteroatoms. The van der Waals surface area contributed by atoms with Crippen LogP contribution in [-0.4, -0.2) is 123 Å². The highest BCUT2D eigenvalue weighted by molar-refractivity contribution is 5.85. The topological polar surface area (TPSA) is 176 Å². The number of hydrogen-bond donors (Lipinski definition) is 4. The summed E-state index contributed by atoms with van der Waals surface area (Å²) in [6.45, 7) is 3.69. The van der Waals surface area contributed by atoms with Crippen molar-refractivity contribution < 1.29 is 44.4 Å². The Balaban J connectivity index is 3.22. The highest BCUT2D eigenvalue weighted by atomic mass is 16.4. The second-order valence-electron chi connectivity index (χ2n) is 9.75. The molecule has 2 atom stereocenters. The third kappa shape index (κ3) is 10.6. The number of carbonyl (C=O) groups excluding carboxylic acids is 1. The van der Waals surface area contributed by atoms with Gasteiger partial charge in [0, 0.05) is 30.6 Å². The number of hydrogen-bond acceptors (Lipinski definition) is 8. The van der Waals surface area contributed by atoms with E-state index in [1.165, 1.54) is 9.80 Å². The van der Waals surface area contributed by atoms with Gasteiger partial charge in [0.15, 0.2) is 5.78 Å². The zero-order valence-corrected chi connectivity index (χ0v) is 20.1. The van der Waals surface area contributed by atoms with E-state index in [2.05, 4.69) is 0 Å². The largest absolute Gasteiger partial charge is 0.480 e. The van der Waals surface area contributed by atoms with E-state index < -0.39 is 61.5 Å². The monoisotopic (exact) mass is 487 g/mol. The molecule has 194 valence electrons. The molecule has 0 amide bonds. The first-order chi connectivity index (χ1) is 15.7. The molecule has 0 spiro atoms. The SMILES string of the molecule is CC(C)(C)C(=O)CN(CCN(CC(=O)O)CC(=O)O)C1CCCCC1N(CC(=O)O)CC(=O)O. The summed E-state index contributed by atoms with van der Waals surface area (Å²) in [5.74, 6) is -4.75. The molecule has 0 heterocycles. The van der Waals surface area contributed by atoms with E-state index >= 15 is 0 Å². The summed E-state index contributed by atoms with van der Waals surface area (Å²) in [6.07, 6.45) is 2.75. The predicted octanol–water partition coefficient (Wildman–Crippen LogP) is 0.157. The quantitative estimate of drug-likeness (QED) is 0.246. The molecule has 0 saturated heterocycles. The van der Waals surface area contributed by atoms with Gasteiger partial charge in [-0.25, -0.2) is 0 Å². The summed E-state index contributed by atoms with van der Waals surface area (Å²) in [5, 5.41) is 36.9. The van der Waals surface area contributed by atoms with Crippen LogP contribution in [0, 0.1) is 5.41 Å². The Labute approximate surface area is 199 Å². The number of Topliss-reactive ketones (excluding diaryl/α,β-unsaturated/α-hetero) is 1. The van der Waals surface area contributed by atoms with Crippen LogP contribution in [0.15, 0.2) is 0 Å². The van der Waals surface area contributed by atoms with Gasteiger partial charge < -0.3 is 20.4 Å². The first kappa shape index (κ1) is 29.5. The van der Waals surface area contributed by atoms with E-state index in [4.69, 9.17) is 10.2 Å². The molecular weight excluding hydrogens is 450 g/mol. The summed E-state index contributed by atoms with van der Waals surface area (Å²) in [6, 6.07) is -0.767. The van der Waals surface area contributed by atoms with Gasteiger partial charge >= 0.3 is 23.9 Å². The maximum absolute atomic E-state index is 12.9. The number of carboxylic acids is 4. The van der Waals surface area contributed by atoms with Gasteiger partial charge in [0.1, 0.15) is 0 Å². The lowest BCUT2D eigenvalue weighted by molar-refractivity contribution is -0.145. The Morgan fingerprint density at radius 1 is 0.647 bits per heavy atom. The first-order valence-electron chi connectivity index (χ1n) is 11.3. The molecule has 0 radical (unpaired) electrons. The van der Waals surface area contributed by atoms with Crippen molar-refractivity contribution in [1.82, 2.24) is 14.7 Å². The van der Waals surface area contributed by atoms with E-state index in [9.17, 15) is 34.2 Å². The molecule has 0 bridgehead atoms. The standard InChI is InChI=1S/C22H37N3O9/c1-22(2,3)17(26)10-24(9-8-23(11-18(27)28)12-19(29)30)15-6-4-5-7-16(15)25(13-20(31)32)14-21(33)34/h15-16H,4-14H2,1-3H3,(H,27,28)(H,29,30)(H,31,32)(H,33,34). The van der Waals surface area contributed by atoms with Gasteiger partial charge in [-0.05, 0) is 12.8 Å². The summed E-state index contributed by atoms with van der Waals surface area (Å²) < 4.78 is 0. The van der Waals surface area contributed by atoms with Crippen molar-refractivity contribution in [3.63, 3.8) is 0 Å². The average molecular weight is 488 g/mol. The first-order valence-corrected chi connectivity index (χ1v) is 11.3. The van der Waals surface area contributed by atoms with Gasteiger partial charge in [-0.2, -0.15) is 0 Å². The molecule has 1 aliphatic rings. The highest BCUT2D eigenvalue weighted by Gasteiger charge is 2.37. The second-order valence-corrected chi connectivity index (χ2v) is 9.75. The molecule has 1 saturated carbocycles. The van der Waals surface area contributed by atoms with Gasteiger partial charge in [-0.15, -0.1) is 0 Å². The number of aliphatic carboxylic acids is 4. The van der Waals surface area contributed by atoms with E-state index in [1.54, 1.807) is 20.8 Å². The fourth-order valence-corrected chi connectivity index (χ4v) is 4.23. The molecule has 1 fully saturated rings. The highest BCUT2D eigenvalue weighted by Crippen LogP contribution is 2.28. The maximum atomic E-state index is 12.9. The molecule has 2 unspecified atom stereocenters. The summed E-state index contributed by atoms with van der Waals surface area (Å²) in [5.41, 5.74) is -0.661. The third-order valence-electron chi connectivity index (χ3n) is 5.91. The van der Waals surface area contributed by atoms with Crippen LogP contribution < -0.4 is 0 Å². The van der Waals surface area contributed by atoms with Gasteiger partial charge in [0.25, 0.3) is 0 Å². The van der Waals surface area contributed by atoms with Crippen LogP contribution in [0.5, 0.6) is 0 Å². The molecule has 12 nitrogen and oxygen atoms in total. The normalized spacial score (nSPS) is 18.9. The molecule has 0 aromatic rings. The van der Waals surface area contributed by atoms with Crippen molar-refractivity contribution in [3.05, 3.63) is 0 Å². The van der Waals surface area contributed by atoms with Gasteiger partial charge in [0.05, 0.1) is 32.7 Å². The Kier molecular flexibility index (Phi) is 11.6. The fraction of sp³-hybridized carbons (Fsp3) is 0.773. The summed E-state index contributed by atoms with van der Waals surface area (Å²) >= 11 is 0. The smallest absolute Gasteiger partial charge is 0.317 e. The van der Waals surface area contributed by atoms with Crippen molar-refractivity contribution in [2.75, 3.05) is 45.8 Å². The summed E-state index contributed by atoms with van der Waals surface area (Å²) in [7, 11) is 0. The molecule has 1 aliphatic carbocycles. The van der Waals surface area contributed by atoms with Crippen molar-refractivity contribution in [1.29, 1.82) is 0 Å². The van der Waals surface area contributed by atoms with Crippen LogP contribution in [-0.2, 0) is 24.0 Å². The lowest BCUT2D eigenvalue weighted by Crippen LogP contribution is -2.58. The van der Waals surface area contributed by atoms with Crippen molar-refractivity contribution >= 4 is 29.7 Å². The van der Waals surface area contributed by atoms with Crippen LogP contribution in [0.3, 0.4) is 0 Å². The van der Waals surface area contributed by atoms with Crippen LogP contribution >= 0.6 is 0 Å². The molecule has 1 rings (SSSR count). The van der Waals surface area contributed by atoms with E-state index in [1.807, 2.05) is 4.90 Å². The predicted molar refractivity (Wildman–Crippen MR) is 121 cm³/mol. The Hall–Kier alpha value is -2.57. The minimum Gasteiger partial charge on any atom is -0.480 e. The minimum atomic E-state index is -1.18. The third-order valence-corrected chi connectivity index (χ3v) is 5.91. The van der Waals surface area contributed by atoms with E-state index in [0.717, 1.165) is 12.8 Å². The van der Waals surface area contributed by atoms with E-state index in [-0.39, 0.29) is 31.5 Å². The minimum absolute atomic E-state index is 0.00658. The maximum Gasteiger partial charge on any atom is 0.317 e. The van der Waals surface area contributed by atoms with Crippen LogP contribution in [0.2, 0.25) is 0 Å². The Bertz CT molecular complexity index is 718. The molecule has 4 N–H and O–H groups in total. The second kappa shape index (κ2) is 13.4.